The summed E-state index contributed by atoms with van der Waals surface area (Å²) in [6, 6.07) is 0. The SMILES string of the molecule is O=S(=O)(O)O[C@@H](CO)[C@H](O)CC1C[C@@H](O)[C@@H](O)[C@@H]1[C@@H](O)CO. The maximum absolute atomic E-state index is 10.6. The van der Waals surface area contributed by atoms with Crippen molar-refractivity contribution in [1.29, 1.82) is 0 Å². The second-order valence-electron chi connectivity index (χ2n) is 5.43. The third kappa shape index (κ3) is 5.08. The predicted molar refractivity (Wildman–Crippen MR) is 70.8 cm³/mol. The average molecular weight is 346 g/mol. The van der Waals surface area contributed by atoms with E-state index in [9.17, 15) is 28.8 Å². The molecule has 0 aliphatic heterocycles. The van der Waals surface area contributed by atoms with Crippen molar-refractivity contribution in [3.05, 3.63) is 0 Å². The zero-order valence-corrected chi connectivity index (χ0v) is 12.4. The molecule has 0 amide bonds. The van der Waals surface area contributed by atoms with Gasteiger partial charge in [0.1, 0.15) is 6.10 Å². The summed E-state index contributed by atoms with van der Waals surface area (Å²) in [6.07, 6.45) is -7.20. The van der Waals surface area contributed by atoms with Crippen LogP contribution in [0.3, 0.4) is 0 Å². The average Bonchev–Trinajstić information content (AvgIpc) is 2.69. The lowest BCUT2D eigenvalue weighted by molar-refractivity contribution is -0.0562. The van der Waals surface area contributed by atoms with Gasteiger partial charge in [-0.1, -0.05) is 0 Å². The number of hydrogen-bond donors (Lipinski definition) is 7. The predicted octanol–water partition coefficient (Wildman–Crippen LogP) is -3.37. The van der Waals surface area contributed by atoms with Crippen LogP contribution in [-0.2, 0) is 14.6 Å². The summed E-state index contributed by atoms with van der Waals surface area (Å²) in [7, 11) is -4.88. The number of aliphatic hydroxyl groups is 6. The van der Waals surface area contributed by atoms with Crippen molar-refractivity contribution in [2.45, 2.75) is 43.4 Å². The van der Waals surface area contributed by atoms with Gasteiger partial charge in [-0.3, -0.25) is 4.55 Å². The van der Waals surface area contributed by atoms with E-state index in [4.69, 9.17) is 14.8 Å². The normalized spacial score (nSPS) is 33.6. The Morgan fingerprint density at radius 3 is 2.18 bits per heavy atom. The Kier molecular flexibility index (Phi) is 7.11. The van der Waals surface area contributed by atoms with Gasteiger partial charge in [-0.05, 0) is 18.8 Å². The van der Waals surface area contributed by atoms with Crippen LogP contribution >= 0.6 is 0 Å². The molecule has 1 saturated carbocycles. The molecule has 1 aliphatic carbocycles. The van der Waals surface area contributed by atoms with Crippen molar-refractivity contribution in [1.82, 2.24) is 0 Å². The Morgan fingerprint density at radius 2 is 1.73 bits per heavy atom. The number of aliphatic hydroxyl groups excluding tert-OH is 6. The molecule has 0 aromatic rings. The maximum atomic E-state index is 10.6. The van der Waals surface area contributed by atoms with Crippen molar-refractivity contribution >= 4 is 10.4 Å². The zero-order chi connectivity index (χ0) is 17.1. The van der Waals surface area contributed by atoms with E-state index >= 15 is 0 Å². The van der Waals surface area contributed by atoms with Gasteiger partial charge in [0.25, 0.3) is 0 Å². The van der Waals surface area contributed by atoms with Gasteiger partial charge in [-0.2, -0.15) is 8.42 Å². The first-order valence-corrected chi connectivity index (χ1v) is 8.06. The van der Waals surface area contributed by atoms with Crippen LogP contribution < -0.4 is 0 Å². The smallest absolute Gasteiger partial charge is 0.394 e. The first-order chi connectivity index (χ1) is 10.1. The van der Waals surface area contributed by atoms with Gasteiger partial charge in [-0.25, -0.2) is 4.18 Å². The van der Waals surface area contributed by atoms with Gasteiger partial charge >= 0.3 is 10.4 Å². The molecule has 0 bridgehead atoms. The largest absolute Gasteiger partial charge is 0.397 e. The topological polar surface area (TPSA) is 185 Å². The van der Waals surface area contributed by atoms with Gasteiger partial charge in [0, 0.05) is 5.92 Å². The molecule has 0 aromatic heterocycles. The van der Waals surface area contributed by atoms with E-state index in [0.29, 0.717) is 0 Å². The molecule has 22 heavy (non-hydrogen) atoms. The summed E-state index contributed by atoms with van der Waals surface area (Å²) in [5, 5.41) is 57.0. The second kappa shape index (κ2) is 7.95. The monoisotopic (exact) mass is 346 g/mol. The molecule has 0 aromatic carbocycles. The Morgan fingerprint density at radius 1 is 1.14 bits per heavy atom. The Labute approximate surface area is 127 Å². The van der Waals surface area contributed by atoms with Crippen molar-refractivity contribution in [3.8, 4) is 0 Å². The Balaban J connectivity index is 2.77. The third-order valence-corrected chi connectivity index (χ3v) is 4.40. The summed E-state index contributed by atoms with van der Waals surface area (Å²) in [5.41, 5.74) is 0. The molecule has 132 valence electrons. The standard InChI is InChI=1S/C11H22O10S/c12-3-8(16)10-5(2-7(15)11(10)17)1-6(14)9(4-13)21-22(18,19)20/h5-17H,1-4H2,(H,18,19,20)/t5?,6-,7-,8+,9+,10+,11-/m1/s1. The molecular formula is C11H22O10S. The van der Waals surface area contributed by atoms with Crippen LogP contribution in [0.4, 0.5) is 0 Å². The van der Waals surface area contributed by atoms with Gasteiger partial charge in [0.2, 0.25) is 0 Å². The van der Waals surface area contributed by atoms with Crippen LogP contribution in [0, 0.1) is 11.8 Å². The quantitative estimate of drug-likeness (QED) is 0.219. The van der Waals surface area contributed by atoms with Gasteiger partial charge in [-0.15, -0.1) is 0 Å². The molecule has 10 nitrogen and oxygen atoms in total. The third-order valence-electron chi connectivity index (χ3n) is 3.91. The molecule has 0 radical (unpaired) electrons. The van der Waals surface area contributed by atoms with Crippen LogP contribution in [0.1, 0.15) is 12.8 Å². The molecule has 11 heteroatoms. The fourth-order valence-corrected chi connectivity index (χ4v) is 3.39. The first kappa shape index (κ1) is 19.7. The molecule has 1 unspecified atom stereocenters. The van der Waals surface area contributed by atoms with Gasteiger partial charge in [0.15, 0.2) is 0 Å². The number of rotatable bonds is 8. The van der Waals surface area contributed by atoms with E-state index < -0.39 is 66.0 Å². The van der Waals surface area contributed by atoms with E-state index in [1.165, 1.54) is 0 Å². The van der Waals surface area contributed by atoms with Crippen LogP contribution in [0.5, 0.6) is 0 Å². The molecule has 7 atom stereocenters. The van der Waals surface area contributed by atoms with Crippen molar-refractivity contribution in [2.75, 3.05) is 13.2 Å². The molecular weight excluding hydrogens is 324 g/mol. The highest BCUT2D eigenvalue weighted by molar-refractivity contribution is 7.80. The molecule has 7 N–H and O–H groups in total. The Hall–Kier alpha value is -0.370. The fourth-order valence-electron chi connectivity index (χ4n) is 2.89. The molecule has 0 spiro atoms. The number of hydrogen-bond acceptors (Lipinski definition) is 9. The zero-order valence-electron chi connectivity index (χ0n) is 11.6. The lowest BCUT2D eigenvalue weighted by Crippen LogP contribution is -2.40. The van der Waals surface area contributed by atoms with Crippen LogP contribution in [0.2, 0.25) is 0 Å². The van der Waals surface area contributed by atoms with Crippen molar-refractivity contribution in [2.24, 2.45) is 11.8 Å². The second-order valence-corrected chi connectivity index (χ2v) is 6.48. The van der Waals surface area contributed by atoms with Gasteiger partial charge in [0.05, 0.1) is 37.6 Å². The lowest BCUT2D eigenvalue weighted by atomic mass is 9.85. The lowest BCUT2D eigenvalue weighted by Gasteiger charge is -2.29. The van der Waals surface area contributed by atoms with Crippen LogP contribution in [0.25, 0.3) is 0 Å². The minimum atomic E-state index is -4.88. The van der Waals surface area contributed by atoms with Crippen LogP contribution in [0.15, 0.2) is 0 Å². The summed E-state index contributed by atoms with van der Waals surface area (Å²) >= 11 is 0. The van der Waals surface area contributed by atoms with E-state index in [1.807, 2.05) is 0 Å². The Bertz CT molecular complexity index is 440. The minimum Gasteiger partial charge on any atom is -0.394 e. The highest BCUT2D eigenvalue weighted by Crippen LogP contribution is 2.38. The highest BCUT2D eigenvalue weighted by Gasteiger charge is 2.46. The first-order valence-electron chi connectivity index (χ1n) is 6.70. The summed E-state index contributed by atoms with van der Waals surface area (Å²) in [5.74, 6) is -1.58. The minimum absolute atomic E-state index is 0.00395. The summed E-state index contributed by atoms with van der Waals surface area (Å²) in [4.78, 5) is 0. The fraction of sp³-hybridized carbons (Fsp3) is 1.00. The maximum Gasteiger partial charge on any atom is 0.397 e. The van der Waals surface area contributed by atoms with E-state index in [1.54, 1.807) is 0 Å². The highest BCUT2D eigenvalue weighted by atomic mass is 32.3. The van der Waals surface area contributed by atoms with E-state index in [0.717, 1.165) is 0 Å². The summed E-state index contributed by atoms with van der Waals surface area (Å²) < 4.78 is 33.9. The van der Waals surface area contributed by atoms with Crippen molar-refractivity contribution < 1.29 is 47.8 Å². The molecule has 1 rings (SSSR count). The van der Waals surface area contributed by atoms with E-state index in [-0.39, 0.29) is 12.8 Å². The molecule has 0 saturated heterocycles. The molecule has 1 fully saturated rings. The molecule has 1 aliphatic rings. The van der Waals surface area contributed by atoms with E-state index in [2.05, 4.69) is 4.18 Å². The van der Waals surface area contributed by atoms with Crippen molar-refractivity contribution in [3.63, 3.8) is 0 Å². The van der Waals surface area contributed by atoms with Crippen LogP contribution in [-0.4, -0.2) is 87.3 Å². The molecule has 0 heterocycles. The van der Waals surface area contributed by atoms with Gasteiger partial charge < -0.3 is 30.6 Å². The summed E-state index contributed by atoms with van der Waals surface area (Å²) in [6.45, 7) is -1.56.